The average Bonchev–Trinajstić information content (AvgIpc) is 2.95. The smallest absolute Gasteiger partial charge is 0.153 e. The number of benzene rings is 2. The molecule has 3 aliphatic heterocycles. The van der Waals surface area contributed by atoms with Crippen LogP contribution in [0.25, 0.3) is 0 Å². The number of hydrogen-bond donors (Lipinski definition) is 0. The Hall–Kier alpha value is -2.81. The van der Waals surface area contributed by atoms with Crippen molar-refractivity contribution in [1.29, 1.82) is 0 Å². The fourth-order valence-electron chi connectivity index (χ4n) is 5.02. The molecule has 1 atom stereocenters. The first kappa shape index (κ1) is 22.0. The van der Waals surface area contributed by atoms with E-state index in [0.29, 0.717) is 0 Å². The Morgan fingerprint density at radius 2 is 1.64 bits per heavy atom. The molecule has 2 aromatic carbocycles. The van der Waals surface area contributed by atoms with Crippen molar-refractivity contribution in [3.8, 4) is 23.3 Å². The van der Waals surface area contributed by atoms with E-state index in [4.69, 9.17) is 14.5 Å². The summed E-state index contributed by atoms with van der Waals surface area (Å²) in [7, 11) is 0. The molecule has 0 aromatic heterocycles. The molecule has 3 heterocycles. The molecule has 0 aliphatic carbocycles. The second-order valence-corrected chi connectivity index (χ2v) is 10.0. The number of nitrogens with zero attached hydrogens (tertiary/aromatic N) is 3. The Balaban J connectivity index is 1.27. The van der Waals surface area contributed by atoms with Crippen LogP contribution in [0.15, 0.2) is 53.5 Å². The topological polar surface area (TPSA) is 37.3 Å². The van der Waals surface area contributed by atoms with E-state index in [1.54, 1.807) is 0 Å². The first-order valence-corrected chi connectivity index (χ1v) is 12.0. The first-order chi connectivity index (χ1) is 15.9. The normalized spacial score (nSPS) is 24.3. The first-order valence-electron chi connectivity index (χ1n) is 12.0. The summed E-state index contributed by atoms with van der Waals surface area (Å²) < 4.78 is 12.5. The minimum atomic E-state index is -0.324. The van der Waals surface area contributed by atoms with Gasteiger partial charge in [0.05, 0.1) is 17.7 Å². The second-order valence-electron chi connectivity index (χ2n) is 10.0. The molecule has 2 aromatic rings. The minimum absolute atomic E-state index is 0.0780. The third-order valence-corrected chi connectivity index (χ3v) is 6.70. The molecule has 3 aliphatic rings. The third kappa shape index (κ3) is 4.93. The number of ether oxygens (including phenoxy) is 2. The SMILES string of the molecule is CC1(C)CCC[C@](C)(C#CCN2CCN(C3=Nc4ccccc4Oc4ccccc43)CC2)O1. The number of para-hydroxylation sites is 3. The Labute approximate surface area is 197 Å². The average molecular weight is 444 g/mol. The van der Waals surface area contributed by atoms with Gasteiger partial charge in [0.25, 0.3) is 0 Å². The molecule has 2 saturated heterocycles. The van der Waals surface area contributed by atoms with Gasteiger partial charge in [0.15, 0.2) is 5.75 Å². The van der Waals surface area contributed by atoms with E-state index in [9.17, 15) is 0 Å². The van der Waals surface area contributed by atoms with Gasteiger partial charge in [-0.15, -0.1) is 0 Å². The summed E-state index contributed by atoms with van der Waals surface area (Å²) in [6, 6.07) is 16.2. The van der Waals surface area contributed by atoms with Crippen LogP contribution in [0.3, 0.4) is 0 Å². The van der Waals surface area contributed by atoms with Crippen LogP contribution < -0.4 is 4.74 Å². The Bertz CT molecular complexity index is 1110. The van der Waals surface area contributed by atoms with Crippen molar-refractivity contribution in [2.24, 2.45) is 4.99 Å². The van der Waals surface area contributed by atoms with Gasteiger partial charge >= 0.3 is 0 Å². The van der Waals surface area contributed by atoms with E-state index >= 15 is 0 Å². The predicted molar refractivity (Wildman–Crippen MR) is 132 cm³/mol. The molecule has 0 saturated carbocycles. The van der Waals surface area contributed by atoms with Crippen molar-refractivity contribution in [2.45, 2.75) is 51.2 Å². The molecule has 172 valence electrons. The van der Waals surface area contributed by atoms with Gasteiger partial charge in [-0.2, -0.15) is 0 Å². The van der Waals surface area contributed by atoms with Crippen molar-refractivity contribution in [3.05, 3.63) is 54.1 Å². The largest absolute Gasteiger partial charge is 0.454 e. The van der Waals surface area contributed by atoms with Crippen LogP contribution in [0.2, 0.25) is 0 Å². The zero-order valence-electron chi connectivity index (χ0n) is 19.9. The minimum Gasteiger partial charge on any atom is -0.454 e. The lowest BCUT2D eigenvalue weighted by Crippen LogP contribution is -2.49. The molecule has 5 heteroatoms. The lowest BCUT2D eigenvalue weighted by molar-refractivity contribution is -0.135. The standard InChI is InChI=1S/C28H33N3O2/c1-27(2)14-8-15-28(3,33-27)16-9-17-30-18-20-31(21-19-30)26-22-10-4-6-12-24(22)32-25-13-7-5-11-23(25)29-26/h4-7,10-13H,8,14-15,17-21H2,1-3H3/t28-/m1/s1. The van der Waals surface area contributed by atoms with Crippen LogP contribution in [0.4, 0.5) is 5.69 Å². The molecule has 0 bridgehead atoms. The monoisotopic (exact) mass is 443 g/mol. The molecule has 5 rings (SSSR count). The Morgan fingerprint density at radius 3 is 2.42 bits per heavy atom. The van der Waals surface area contributed by atoms with Gasteiger partial charge < -0.3 is 14.4 Å². The van der Waals surface area contributed by atoms with Gasteiger partial charge in [-0.1, -0.05) is 36.1 Å². The number of rotatable bonds is 1. The van der Waals surface area contributed by atoms with Crippen LogP contribution in [0.5, 0.6) is 11.5 Å². The molecule has 0 spiro atoms. The van der Waals surface area contributed by atoms with Gasteiger partial charge in [0, 0.05) is 26.2 Å². The number of amidine groups is 1. The summed E-state index contributed by atoms with van der Waals surface area (Å²) in [5, 5.41) is 0. The van der Waals surface area contributed by atoms with Crippen molar-refractivity contribution in [3.63, 3.8) is 0 Å². The molecular formula is C28H33N3O2. The van der Waals surface area contributed by atoms with Crippen LogP contribution >= 0.6 is 0 Å². The van der Waals surface area contributed by atoms with E-state index in [1.165, 1.54) is 6.42 Å². The van der Waals surface area contributed by atoms with E-state index in [0.717, 1.165) is 74.2 Å². The van der Waals surface area contributed by atoms with Crippen LogP contribution in [0, 0.1) is 11.8 Å². The summed E-state index contributed by atoms with van der Waals surface area (Å²) in [6.45, 7) is 11.0. The molecule has 0 N–H and O–H groups in total. The summed E-state index contributed by atoms with van der Waals surface area (Å²) >= 11 is 0. The summed E-state index contributed by atoms with van der Waals surface area (Å²) in [5.41, 5.74) is 1.52. The molecule has 0 amide bonds. The lowest BCUT2D eigenvalue weighted by atomic mass is 9.88. The van der Waals surface area contributed by atoms with Gasteiger partial charge in [-0.25, -0.2) is 4.99 Å². The second kappa shape index (κ2) is 8.85. The highest BCUT2D eigenvalue weighted by Gasteiger charge is 2.36. The van der Waals surface area contributed by atoms with Crippen molar-refractivity contribution in [2.75, 3.05) is 32.7 Å². The zero-order valence-corrected chi connectivity index (χ0v) is 19.9. The van der Waals surface area contributed by atoms with Gasteiger partial charge in [-0.05, 0) is 64.3 Å². The van der Waals surface area contributed by atoms with Crippen molar-refractivity contribution in [1.82, 2.24) is 9.80 Å². The third-order valence-electron chi connectivity index (χ3n) is 6.70. The van der Waals surface area contributed by atoms with Crippen molar-refractivity contribution < 1.29 is 9.47 Å². The van der Waals surface area contributed by atoms with Crippen molar-refractivity contribution >= 4 is 11.5 Å². The van der Waals surface area contributed by atoms with E-state index in [-0.39, 0.29) is 11.2 Å². The Kier molecular flexibility index (Phi) is 5.90. The molecule has 0 radical (unpaired) electrons. The molecular weight excluding hydrogens is 410 g/mol. The zero-order chi connectivity index (χ0) is 22.9. The van der Waals surface area contributed by atoms with Crippen LogP contribution in [-0.4, -0.2) is 59.6 Å². The molecule has 2 fully saturated rings. The molecule has 33 heavy (non-hydrogen) atoms. The number of hydrogen-bond acceptors (Lipinski definition) is 5. The molecule has 0 unspecified atom stereocenters. The van der Waals surface area contributed by atoms with Gasteiger partial charge in [-0.3, -0.25) is 4.90 Å². The van der Waals surface area contributed by atoms with Crippen LogP contribution in [-0.2, 0) is 4.74 Å². The predicted octanol–water partition coefficient (Wildman–Crippen LogP) is 5.23. The maximum atomic E-state index is 6.29. The maximum absolute atomic E-state index is 6.29. The summed E-state index contributed by atoms with van der Waals surface area (Å²) in [6.07, 6.45) is 3.29. The Morgan fingerprint density at radius 1 is 0.909 bits per heavy atom. The van der Waals surface area contributed by atoms with E-state index in [2.05, 4.69) is 54.5 Å². The van der Waals surface area contributed by atoms with E-state index in [1.807, 2.05) is 36.4 Å². The highest BCUT2D eigenvalue weighted by molar-refractivity contribution is 6.03. The lowest BCUT2D eigenvalue weighted by Gasteiger charge is -2.40. The summed E-state index contributed by atoms with van der Waals surface area (Å²) in [4.78, 5) is 9.83. The highest BCUT2D eigenvalue weighted by Crippen LogP contribution is 2.38. The fourth-order valence-corrected chi connectivity index (χ4v) is 5.02. The summed E-state index contributed by atoms with van der Waals surface area (Å²) in [5.74, 6) is 9.51. The maximum Gasteiger partial charge on any atom is 0.153 e. The van der Waals surface area contributed by atoms with E-state index < -0.39 is 0 Å². The van der Waals surface area contributed by atoms with Crippen LogP contribution in [0.1, 0.15) is 45.6 Å². The quantitative estimate of drug-likeness (QED) is 0.566. The molecule has 5 nitrogen and oxygen atoms in total. The van der Waals surface area contributed by atoms with Gasteiger partial charge in [0.2, 0.25) is 0 Å². The van der Waals surface area contributed by atoms with Gasteiger partial charge in [0.1, 0.15) is 22.9 Å². The highest BCUT2D eigenvalue weighted by atomic mass is 16.5. The number of piperazine rings is 1. The number of aliphatic imine (C=N–C) groups is 1. The number of fused-ring (bicyclic) bond motifs is 2. The fraction of sp³-hybridized carbons (Fsp3) is 0.464.